The van der Waals surface area contributed by atoms with Gasteiger partial charge in [0.25, 0.3) is 14.6 Å². The molecule has 1 radical (unpaired) electrons. The van der Waals surface area contributed by atoms with E-state index in [0.717, 1.165) is 13.5 Å². The van der Waals surface area contributed by atoms with Gasteiger partial charge >= 0.3 is 0 Å². The lowest BCUT2D eigenvalue weighted by Crippen LogP contribution is -2.42. The molecule has 0 bridgehead atoms. The quantitative estimate of drug-likeness (QED) is 0.596. The van der Waals surface area contributed by atoms with E-state index in [1.165, 1.54) is 0 Å². The third-order valence-corrected chi connectivity index (χ3v) is 2.34. The van der Waals surface area contributed by atoms with Crippen LogP contribution in [-0.2, 0) is 0 Å². The van der Waals surface area contributed by atoms with Crippen LogP contribution in [0.2, 0.25) is 6.55 Å². The van der Waals surface area contributed by atoms with Crippen molar-refractivity contribution >= 4 is 9.04 Å². The molecule has 0 aromatic heterocycles. The van der Waals surface area contributed by atoms with Crippen molar-refractivity contribution in [1.82, 2.24) is 0 Å². The Kier molecular flexibility index (Phi) is 2.69. The fourth-order valence-electron chi connectivity index (χ4n) is 0.288. The van der Waals surface area contributed by atoms with Gasteiger partial charge in [0.1, 0.15) is 0 Å². The Morgan fingerprint density at radius 3 is 1.89 bits per heavy atom. The summed E-state index contributed by atoms with van der Waals surface area (Å²) in [6, 6.07) is 0. The first-order valence-electron chi connectivity index (χ1n) is 2.44. The Hall–Kier alpha value is -0.0331. The van der Waals surface area contributed by atoms with Crippen molar-refractivity contribution in [2.45, 2.75) is 25.2 Å². The van der Waals surface area contributed by atoms with Gasteiger partial charge in [0.15, 0.2) is 6.17 Å². The molecule has 0 saturated carbocycles. The maximum absolute atomic E-state index is 12.1. The first kappa shape index (κ1) is 8.97. The van der Waals surface area contributed by atoms with E-state index in [9.17, 15) is 13.2 Å². The van der Waals surface area contributed by atoms with E-state index in [1.807, 2.05) is 0 Å². The summed E-state index contributed by atoms with van der Waals surface area (Å²) in [4.78, 5) is 8.36. The summed E-state index contributed by atoms with van der Waals surface area (Å²) in [5, 5.41) is 0. The lowest BCUT2D eigenvalue weighted by Gasteiger charge is -2.17. The minimum atomic E-state index is -3.51. The Morgan fingerprint density at radius 2 is 1.89 bits per heavy atom. The minimum absolute atomic E-state index is 0.740. The van der Waals surface area contributed by atoms with Crippen LogP contribution in [-0.4, -0.2) is 25.6 Å². The van der Waals surface area contributed by atoms with Crippen molar-refractivity contribution in [2.24, 2.45) is 0 Å². The average molecular weight is 157 g/mol. The molecule has 1 N–H and O–H groups in total. The molecule has 1 atom stereocenters. The smallest absolute Gasteiger partial charge is 0.292 e. The molecule has 5 heteroatoms. The van der Waals surface area contributed by atoms with Gasteiger partial charge in [0.2, 0.25) is 0 Å². The third kappa shape index (κ3) is 1.98. The van der Waals surface area contributed by atoms with E-state index in [1.54, 1.807) is 0 Å². The fraction of sp³-hybridized carbons (Fsp3) is 1.00. The Morgan fingerprint density at radius 1 is 1.56 bits per heavy atom. The molecule has 0 aliphatic rings. The number of hydrogen-bond acceptors (Lipinski definition) is 1. The Bertz CT molecular complexity index is 83.8. The first-order valence-corrected chi connectivity index (χ1v) is 4.38. The van der Waals surface area contributed by atoms with Gasteiger partial charge in [-0.25, -0.2) is 13.2 Å². The number of rotatable bonds is 2. The summed E-state index contributed by atoms with van der Waals surface area (Å²) in [7, 11) is -2.82. The van der Waals surface area contributed by atoms with E-state index in [0.29, 0.717) is 0 Å². The van der Waals surface area contributed by atoms with Crippen LogP contribution in [0.1, 0.15) is 6.92 Å². The van der Waals surface area contributed by atoms with Crippen LogP contribution in [0.5, 0.6) is 0 Å². The van der Waals surface area contributed by atoms with Gasteiger partial charge in [0, 0.05) is 0 Å². The summed E-state index contributed by atoms with van der Waals surface area (Å²) in [6.07, 6.45) is -2.25. The molecule has 0 heterocycles. The highest BCUT2D eigenvalue weighted by Gasteiger charge is 2.44. The van der Waals surface area contributed by atoms with Gasteiger partial charge in [0.05, 0.1) is 0 Å². The van der Waals surface area contributed by atoms with Gasteiger partial charge in [-0.15, -0.1) is 0 Å². The predicted molar refractivity (Wildman–Crippen MR) is 29.4 cm³/mol. The molecule has 55 valence electrons. The van der Waals surface area contributed by atoms with Crippen LogP contribution in [0.15, 0.2) is 0 Å². The third-order valence-electron chi connectivity index (χ3n) is 0.982. The molecular formula is C4H8F3OSi. The van der Waals surface area contributed by atoms with Crippen LogP contribution >= 0.6 is 0 Å². The summed E-state index contributed by atoms with van der Waals surface area (Å²) in [5.74, 6) is 0. The molecule has 0 amide bonds. The number of alkyl halides is 3. The molecule has 1 unspecified atom stereocenters. The zero-order chi connectivity index (χ0) is 7.65. The molecule has 0 aromatic rings. The van der Waals surface area contributed by atoms with Crippen LogP contribution in [0, 0.1) is 0 Å². The lowest BCUT2D eigenvalue weighted by molar-refractivity contribution is -0.00277. The summed E-state index contributed by atoms with van der Waals surface area (Å²) < 4.78 is 36.0. The van der Waals surface area contributed by atoms with Crippen LogP contribution < -0.4 is 0 Å². The maximum Gasteiger partial charge on any atom is 0.292 e. The van der Waals surface area contributed by atoms with Crippen molar-refractivity contribution in [3.63, 3.8) is 0 Å². The van der Waals surface area contributed by atoms with E-state index in [4.69, 9.17) is 4.80 Å². The molecule has 9 heavy (non-hydrogen) atoms. The molecule has 0 fully saturated rings. The SMILES string of the molecule is CC(F)C(F)(F)[Si](C)O. The maximum atomic E-state index is 12.1. The molecule has 0 spiro atoms. The summed E-state index contributed by atoms with van der Waals surface area (Å²) >= 11 is 0. The minimum Gasteiger partial charge on any atom is -0.427 e. The monoisotopic (exact) mass is 157 g/mol. The molecular weight excluding hydrogens is 149 g/mol. The largest absolute Gasteiger partial charge is 0.427 e. The number of hydrogen-bond donors (Lipinski definition) is 1. The standard InChI is InChI=1S/C4H8F3OSi/c1-3(5)4(6,7)9(2)8/h3,8H,1-2H3. The first-order chi connectivity index (χ1) is 3.89. The molecule has 0 aromatic carbocycles. The Labute approximate surface area is 53.2 Å². The van der Waals surface area contributed by atoms with Crippen molar-refractivity contribution in [1.29, 1.82) is 0 Å². The highest BCUT2D eigenvalue weighted by atomic mass is 28.3. The second-order valence-electron chi connectivity index (χ2n) is 1.82. The molecule has 0 aliphatic carbocycles. The van der Waals surface area contributed by atoms with Crippen molar-refractivity contribution < 1.29 is 18.0 Å². The average Bonchev–Trinajstić information content (AvgIpc) is 1.65. The highest BCUT2D eigenvalue weighted by molar-refractivity contribution is 6.51. The Balaban J connectivity index is 4.01. The predicted octanol–water partition coefficient (Wildman–Crippen LogP) is 1.13. The number of halogens is 3. The topological polar surface area (TPSA) is 20.2 Å². The van der Waals surface area contributed by atoms with E-state index < -0.39 is 20.8 Å². The van der Waals surface area contributed by atoms with E-state index in [2.05, 4.69) is 0 Å². The zero-order valence-electron chi connectivity index (χ0n) is 5.16. The van der Waals surface area contributed by atoms with Gasteiger partial charge < -0.3 is 4.80 Å². The highest BCUT2D eigenvalue weighted by Crippen LogP contribution is 2.22. The fourth-order valence-corrected chi connectivity index (χ4v) is 0.864. The van der Waals surface area contributed by atoms with E-state index in [-0.39, 0.29) is 0 Å². The summed E-state index contributed by atoms with van der Waals surface area (Å²) in [5.41, 5.74) is -3.51. The van der Waals surface area contributed by atoms with Crippen molar-refractivity contribution in [3.05, 3.63) is 0 Å². The molecule has 0 rings (SSSR count). The van der Waals surface area contributed by atoms with Crippen LogP contribution in [0.3, 0.4) is 0 Å². The molecule has 1 nitrogen and oxygen atoms in total. The van der Waals surface area contributed by atoms with Crippen LogP contribution in [0.25, 0.3) is 0 Å². The van der Waals surface area contributed by atoms with Crippen molar-refractivity contribution in [3.8, 4) is 0 Å². The lowest BCUT2D eigenvalue weighted by atomic mass is 10.5. The molecule has 0 saturated heterocycles. The van der Waals surface area contributed by atoms with Gasteiger partial charge in [-0.2, -0.15) is 0 Å². The van der Waals surface area contributed by atoms with Gasteiger partial charge in [-0.05, 0) is 13.5 Å². The van der Waals surface area contributed by atoms with Crippen molar-refractivity contribution in [2.75, 3.05) is 0 Å². The van der Waals surface area contributed by atoms with Gasteiger partial charge in [-0.1, -0.05) is 0 Å². The van der Waals surface area contributed by atoms with E-state index >= 15 is 0 Å². The van der Waals surface area contributed by atoms with Crippen LogP contribution in [0.4, 0.5) is 13.2 Å². The summed E-state index contributed by atoms with van der Waals surface area (Å²) in [6.45, 7) is 1.70. The normalized spacial score (nSPS) is 16.3. The van der Waals surface area contributed by atoms with Gasteiger partial charge in [-0.3, -0.25) is 0 Å². The second kappa shape index (κ2) is 2.70. The molecule has 0 aliphatic heterocycles. The zero-order valence-corrected chi connectivity index (χ0v) is 6.16. The second-order valence-corrected chi connectivity index (χ2v) is 3.66.